The number of hydrogen-bond donors (Lipinski definition) is 2. The van der Waals surface area contributed by atoms with E-state index in [0.717, 1.165) is 6.07 Å². The number of sulfone groups is 1. The lowest BCUT2D eigenvalue weighted by Crippen LogP contribution is -2.24. The Bertz CT molecular complexity index is 557. The molecule has 0 saturated carbocycles. The van der Waals surface area contributed by atoms with Gasteiger partial charge in [-0.1, -0.05) is 6.92 Å². The average Bonchev–Trinajstić information content (AvgIpc) is 2.36. The summed E-state index contributed by atoms with van der Waals surface area (Å²) in [4.78, 5) is 10.7. The first-order chi connectivity index (χ1) is 8.85. The Hall–Kier alpha value is -1.47. The molecule has 0 fully saturated rings. The fraction of sp³-hybridized carbons (Fsp3) is 0.417. The molecular weight excluding hydrogens is 273 g/mol. The summed E-state index contributed by atoms with van der Waals surface area (Å²) in [5.74, 6) is -1.60. The van der Waals surface area contributed by atoms with Gasteiger partial charge < -0.3 is 10.4 Å². The molecule has 0 unspecified atom stereocenters. The maximum Gasteiger partial charge on any atom is 0.335 e. The van der Waals surface area contributed by atoms with Crippen LogP contribution in [0.5, 0.6) is 0 Å². The molecule has 19 heavy (non-hydrogen) atoms. The maximum atomic E-state index is 13.4. The zero-order valence-corrected chi connectivity index (χ0v) is 11.3. The van der Waals surface area contributed by atoms with E-state index in [-0.39, 0.29) is 35.7 Å². The topological polar surface area (TPSA) is 83.5 Å². The van der Waals surface area contributed by atoms with Gasteiger partial charge in [0.05, 0.1) is 11.3 Å². The Morgan fingerprint density at radius 3 is 2.68 bits per heavy atom. The van der Waals surface area contributed by atoms with Gasteiger partial charge in [0.1, 0.15) is 5.82 Å². The summed E-state index contributed by atoms with van der Waals surface area (Å²) in [6.45, 7) is 1.85. The van der Waals surface area contributed by atoms with E-state index in [0.29, 0.717) is 0 Å². The van der Waals surface area contributed by atoms with Crippen molar-refractivity contribution in [3.05, 3.63) is 35.1 Å². The van der Waals surface area contributed by atoms with Crippen molar-refractivity contribution in [3.8, 4) is 0 Å². The van der Waals surface area contributed by atoms with Crippen LogP contribution in [0.4, 0.5) is 4.39 Å². The van der Waals surface area contributed by atoms with E-state index in [1.165, 1.54) is 12.1 Å². The number of carboxylic acids is 1. The highest BCUT2D eigenvalue weighted by molar-refractivity contribution is 7.91. The summed E-state index contributed by atoms with van der Waals surface area (Å²) in [6.07, 6.45) is 0. The Morgan fingerprint density at radius 1 is 1.42 bits per heavy atom. The van der Waals surface area contributed by atoms with Crippen molar-refractivity contribution in [1.82, 2.24) is 5.32 Å². The summed E-state index contributed by atoms with van der Waals surface area (Å²) in [5.41, 5.74) is 0.202. The van der Waals surface area contributed by atoms with Crippen LogP contribution in [0, 0.1) is 5.82 Å². The summed E-state index contributed by atoms with van der Waals surface area (Å²) in [7, 11) is -3.06. The van der Waals surface area contributed by atoms with Gasteiger partial charge in [0.25, 0.3) is 0 Å². The highest BCUT2D eigenvalue weighted by Crippen LogP contribution is 2.10. The first-order valence-corrected chi connectivity index (χ1v) is 7.60. The van der Waals surface area contributed by atoms with Crippen molar-refractivity contribution in [2.45, 2.75) is 13.5 Å². The van der Waals surface area contributed by atoms with E-state index in [1.807, 2.05) is 0 Å². The molecule has 1 rings (SSSR count). The van der Waals surface area contributed by atoms with Crippen LogP contribution in [0.1, 0.15) is 22.8 Å². The van der Waals surface area contributed by atoms with Crippen LogP contribution >= 0.6 is 0 Å². The van der Waals surface area contributed by atoms with Crippen molar-refractivity contribution < 1.29 is 22.7 Å². The van der Waals surface area contributed by atoms with E-state index in [9.17, 15) is 17.6 Å². The molecule has 1 aromatic rings. The van der Waals surface area contributed by atoms with E-state index in [1.54, 1.807) is 6.92 Å². The number of benzene rings is 1. The van der Waals surface area contributed by atoms with Crippen LogP contribution in [-0.2, 0) is 16.4 Å². The number of nitrogens with one attached hydrogen (secondary N) is 1. The maximum absolute atomic E-state index is 13.4. The average molecular weight is 289 g/mol. The van der Waals surface area contributed by atoms with Gasteiger partial charge >= 0.3 is 5.97 Å². The van der Waals surface area contributed by atoms with Crippen molar-refractivity contribution in [1.29, 1.82) is 0 Å². The SMILES string of the molecule is CCS(=O)(=O)CCNCc1cc(C(=O)O)ccc1F. The van der Waals surface area contributed by atoms with Crippen LogP contribution in [0.3, 0.4) is 0 Å². The second-order valence-corrected chi connectivity index (χ2v) is 6.50. The number of rotatable bonds is 7. The number of halogens is 1. The predicted octanol–water partition coefficient (Wildman–Crippen LogP) is 1.05. The summed E-state index contributed by atoms with van der Waals surface area (Å²) in [5, 5.41) is 11.6. The van der Waals surface area contributed by atoms with E-state index < -0.39 is 21.6 Å². The number of hydrogen-bond acceptors (Lipinski definition) is 4. The highest BCUT2D eigenvalue weighted by atomic mass is 32.2. The van der Waals surface area contributed by atoms with Crippen LogP contribution in [0.25, 0.3) is 0 Å². The molecule has 0 aliphatic heterocycles. The van der Waals surface area contributed by atoms with Crippen LogP contribution in [-0.4, -0.2) is 37.5 Å². The fourth-order valence-electron chi connectivity index (χ4n) is 1.44. The minimum Gasteiger partial charge on any atom is -0.478 e. The highest BCUT2D eigenvalue weighted by Gasteiger charge is 2.09. The first-order valence-electron chi connectivity index (χ1n) is 5.78. The zero-order valence-electron chi connectivity index (χ0n) is 10.5. The Labute approximate surface area is 111 Å². The van der Waals surface area contributed by atoms with Gasteiger partial charge in [-0.25, -0.2) is 17.6 Å². The monoisotopic (exact) mass is 289 g/mol. The smallest absolute Gasteiger partial charge is 0.335 e. The lowest BCUT2D eigenvalue weighted by Gasteiger charge is -2.07. The molecule has 0 spiro atoms. The second-order valence-electron chi connectivity index (χ2n) is 4.02. The van der Waals surface area contributed by atoms with Gasteiger partial charge in [0.15, 0.2) is 9.84 Å². The molecule has 2 N–H and O–H groups in total. The normalized spacial score (nSPS) is 11.5. The predicted molar refractivity (Wildman–Crippen MR) is 69.4 cm³/mol. The minimum absolute atomic E-state index is 0.000574. The second kappa shape index (κ2) is 6.63. The minimum atomic E-state index is -3.06. The molecule has 5 nitrogen and oxygen atoms in total. The van der Waals surface area contributed by atoms with Crippen molar-refractivity contribution >= 4 is 15.8 Å². The molecule has 0 aliphatic carbocycles. The summed E-state index contributed by atoms with van der Waals surface area (Å²) in [6, 6.07) is 3.50. The molecule has 0 heterocycles. The van der Waals surface area contributed by atoms with Crippen LogP contribution in [0.15, 0.2) is 18.2 Å². The molecule has 0 aliphatic rings. The van der Waals surface area contributed by atoms with Crippen molar-refractivity contribution in [2.75, 3.05) is 18.1 Å². The molecular formula is C12H16FNO4S. The largest absolute Gasteiger partial charge is 0.478 e. The van der Waals surface area contributed by atoms with Crippen molar-refractivity contribution in [3.63, 3.8) is 0 Å². The number of aromatic carboxylic acids is 1. The van der Waals surface area contributed by atoms with Gasteiger partial charge in [-0.15, -0.1) is 0 Å². The molecule has 0 bridgehead atoms. The Morgan fingerprint density at radius 2 is 2.11 bits per heavy atom. The van der Waals surface area contributed by atoms with Gasteiger partial charge in [-0.3, -0.25) is 0 Å². The summed E-state index contributed by atoms with van der Waals surface area (Å²) >= 11 is 0. The molecule has 0 amide bonds. The van der Waals surface area contributed by atoms with Gasteiger partial charge in [0, 0.05) is 24.4 Å². The van der Waals surface area contributed by atoms with E-state index >= 15 is 0 Å². The Balaban J connectivity index is 2.58. The Kier molecular flexibility index (Phi) is 5.44. The standard InChI is InChI=1S/C12H16FNO4S/c1-2-19(17,18)6-5-14-8-10-7-9(12(15)16)3-4-11(10)13/h3-4,7,14H,2,5-6,8H2,1H3,(H,15,16). The van der Waals surface area contributed by atoms with Crippen molar-refractivity contribution in [2.24, 2.45) is 0 Å². The van der Waals surface area contributed by atoms with Gasteiger partial charge in [0.2, 0.25) is 0 Å². The third-order valence-electron chi connectivity index (χ3n) is 2.64. The molecule has 0 atom stereocenters. The number of carboxylic acid groups (broad SMARTS) is 1. The van der Waals surface area contributed by atoms with Gasteiger partial charge in [-0.05, 0) is 18.2 Å². The lowest BCUT2D eigenvalue weighted by atomic mass is 10.1. The molecule has 0 aromatic heterocycles. The fourth-order valence-corrected chi connectivity index (χ4v) is 2.18. The first kappa shape index (κ1) is 15.6. The van der Waals surface area contributed by atoms with E-state index in [4.69, 9.17) is 5.11 Å². The third-order valence-corrected chi connectivity index (χ3v) is 4.34. The zero-order chi connectivity index (χ0) is 14.5. The van der Waals surface area contributed by atoms with Crippen LogP contribution < -0.4 is 5.32 Å². The molecule has 1 aromatic carbocycles. The van der Waals surface area contributed by atoms with Gasteiger partial charge in [-0.2, -0.15) is 0 Å². The molecule has 0 radical (unpaired) electrons. The van der Waals surface area contributed by atoms with Crippen LogP contribution in [0.2, 0.25) is 0 Å². The molecule has 7 heteroatoms. The molecule has 106 valence electrons. The van der Waals surface area contributed by atoms with E-state index in [2.05, 4.69) is 5.32 Å². The number of carbonyl (C=O) groups is 1. The molecule has 0 saturated heterocycles. The quantitative estimate of drug-likeness (QED) is 0.733. The third kappa shape index (κ3) is 4.96. The lowest BCUT2D eigenvalue weighted by molar-refractivity contribution is 0.0696. The summed E-state index contributed by atoms with van der Waals surface area (Å²) < 4.78 is 35.9.